The van der Waals surface area contributed by atoms with Crippen molar-refractivity contribution in [3.8, 4) is 0 Å². The molecule has 3 unspecified atom stereocenters. The van der Waals surface area contributed by atoms with Crippen molar-refractivity contribution in [2.75, 3.05) is 0 Å². The summed E-state index contributed by atoms with van der Waals surface area (Å²) in [5, 5.41) is 0. The summed E-state index contributed by atoms with van der Waals surface area (Å²) in [6.07, 6.45) is 4.27. The normalized spacial score (nSPS) is 23.1. The maximum Gasteiger partial charge on any atom is 0.0415 e. The average molecular weight is 316 g/mol. The van der Waals surface area contributed by atoms with Crippen molar-refractivity contribution in [1.29, 1.82) is 0 Å². The highest BCUT2D eigenvalue weighted by Crippen LogP contribution is 2.52. The van der Waals surface area contributed by atoms with Crippen LogP contribution in [0.5, 0.6) is 0 Å². The van der Waals surface area contributed by atoms with Crippen molar-refractivity contribution < 1.29 is 0 Å². The smallest absolute Gasteiger partial charge is 0.0415 e. The van der Waals surface area contributed by atoms with E-state index in [1.807, 2.05) is 6.20 Å². The molecular formula is C17H18BrN. The Kier molecular flexibility index (Phi) is 3.69. The Hall–Kier alpha value is -1.15. The SMILES string of the molecule is Cc1ccc(CC(Br)C2CC2c2ccccc2)nc1. The van der Waals surface area contributed by atoms with Gasteiger partial charge in [0.1, 0.15) is 0 Å². The second-order valence-electron chi connectivity index (χ2n) is 5.46. The first-order chi connectivity index (χ1) is 9.24. The zero-order chi connectivity index (χ0) is 13.2. The van der Waals surface area contributed by atoms with Gasteiger partial charge >= 0.3 is 0 Å². The fourth-order valence-corrected chi connectivity index (χ4v) is 3.58. The van der Waals surface area contributed by atoms with Gasteiger partial charge in [0.05, 0.1) is 0 Å². The fourth-order valence-electron chi connectivity index (χ4n) is 2.67. The molecule has 0 spiro atoms. The molecule has 0 aliphatic heterocycles. The molecule has 1 aromatic heterocycles. The zero-order valence-electron chi connectivity index (χ0n) is 11.1. The molecule has 0 amide bonds. The minimum absolute atomic E-state index is 0.535. The van der Waals surface area contributed by atoms with E-state index in [9.17, 15) is 0 Å². The van der Waals surface area contributed by atoms with Gasteiger partial charge in [-0.05, 0) is 42.4 Å². The molecule has 2 aromatic rings. The lowest BCUT2D eigenvalue weighted by atomic mass is 10.1. The molecule has 0 saturated heterocycles. The van der Waals surface area contributed by atoms with Crippen molar-refractivity contribution >= 4 is 15.9 Å². The largest absolute Gasteiger partial charge is 0.261 e. The molecule has 1 saturated carbocycles. The van der Waals surface area contributed by atoms with E-state index >= 15 is 0 Å². The first-order valence-corrected chi connectivity index (χ1v) is 7.76. The van der Waals surface area contributed by atoms with Gasteiger partial charge in [-0.3, -0.25) is 4.98 Å². The van der Waals surface area contributed by atoms with Crippen LogP contribution >= 0.6 is 15.9 Å². The van der Waals surface area contributed by atoms with Gasteiger partial charge in [0.25, 0.3) is 0 Å². The van der Waals surface area contributed by atoms with Crippen LogP contribution in [0.3, 0.4) is 0 Å². The highest BCUT2D eigenvalue weighted by Gasteiger charge is 2.42. The van der Waals surface area contributed by atoms with Gasteiger partial charge in [0.15, 0.2) is 0 Å². The van der Waals surface area contributed by atoms with Gasteiger partial charge in [-0.2, -0.15) is 0 Å². The van der Waals surface area contributed by atoms with E-state index in [4.69, 9.17) is 0 Å². The molecule has 1 aromatic carbocycles. The van der Waals surface area contributed by atoms with Crippen molar-refractivity contribution in [3.63, 3.8) is 0 Å². The predicted octanol–water partition coefficient (Wildman–Crippen LogP) is 4.50. The third-order valence-electron chi connectivity index (χ3n) is 3.91. The molecule has 98 valence electrons. The van der Waals surface area contributed by atoms with E-state index in [1.54, 1.807) is 0 Å². The van der Waals surface area contributed by atoms with Crippen LogP contribution in [0.15, 0.2) is 48.7 Å². The number of pyridine rings is 1. The van der Waals surface area contributed by atoms with E-state index in [0.717, 1.165) is 18.3 Å². The van der Waals surface area contributed by atoms with Crippen molar-refractivity contribution in [2.24, 2.45) is 5.92 Å². The number of hydrogen-bond donors (Lipinski definition) is 0. The van der Waals surface area contributed by atoms with Crippen molar-refractivity contribution in [3.05, 3.63) is 65.5 Å². The summed E-state index contributed by atoms with van der Waals surface area (Å²) in [4.78, 5) is 5.03. The second-order valence-corrected chi connectivity index (χ2v) is 6.64. The number of nitrogens with zero attached hydrogens (tertiary/aromatic N) is 1. The van der Waals surface area contributed by atoms with E-state index in [-0.39, 0.29) is 0 Å². The highest BCUT2D eigenvalue weighted by molar-refractivity contribution is 9.09. The van der Waals surface area contributed by atoms with Crippen molar-refractivity contribution in [2.45, 2.75) is 30.5 Å². The van der Waals surface area contributed by atoms with E-state index in [2.05, 4.69) is 70.3 Å². The molecule has 3 atom stereocenters. The zero-order valence-corrected chi connectivity index (χ0v) is 12.7. The quantitative estimate of drug-likeness (QED) is 0.757. The Bertz CT molecular complexity index is 535. The van der Waals surface area contributed by atoms with E-state index < -0.39 is 0 Å². The third-order valence-corrected chi connectivity index (χ3v) is 4.91. The molecule has 1 aliphatic rings. The molecule has 3 rings (SSSR count). The number of aromatic nitrogens is 1. The summed E-state index contributed by atoms with van der Waals surface area (Å²) in [7, 11) is 0. The molecule has 1 aliphatic carbocycles. The Morgan fingerprint density at radius 2 is 2.00 bits per heavy atom. The van der Waals surface area contributed by atoms with Crippen molar-refractivity contribution in [1.82, 2.24) is 4.98 Å². The van der Waals surface area contributed by atoms with Gasteiger partial charge < -0.3 is 0 Å². The number of alkyl halides is 1. The Morgan fingerprint density at radius 3 is 2.68 bits per heavy atom. The van der Waals surface area contributed by atoms with Gasteiger partial charge in [0.2, 0.25) is 0 Å². The van der Waals surface area contributed by atoms with Crippen LogP contribution in [0.1, 0.15) is 29.2 Å². The van der Waals surface area contributed by atoms with Crippen LogP contribution in [0.4, 0.5) is 0 Å². The predicted molar refractivity (Wildman–Crippen MR) is 82.7 cm³/mol. The molecule has 1 heterocycles. The maximum absolute atomic E-state index is 4.50. The molecule has 0 N–H and O–H groups in total. The minimum atomic E-state index is 0.535. The lowest BCUT2D eigenvalue weighted by molar-refractivity contribution is 0.723. The van der Waals surface area contributed by atoms with E-state index in [0.29, 0.717) is 4.83 Å². The Balaban J connectivity index is 1.61. The first kappa shape index (κ1) is 12.9. The topological polar surface area (TPSA) is 12.9 Å². The molecule has 1 nitrogen and oxygen atoms in total. The Morgan fingerprint density at radius 1 is 1.21 bits per heavy atom. The lowest BCUT2D eigenvalue weighted by Gasteiger charge is -2.09. The number of benzene rings is 1. The van der Waals surface area contributed by atoms with Crippen LogP contribution in [0.25, 0.3) is 0 Å². The summed E-state index contributed by atoms with van der Waals surface area (Å²) >= 11 is 3.86. The standard InChI is InChI=1S/C17H18BrN/c1-12-7-8-14(19-11-12)9-17(18)16-10-15(16)13-5-3-2-4-6-13/h2-8,11,15-17H,9-10H2,1H3. The maximum atomic E-state index is 4.50. The molecule has 1 fully saturated rings. The third kappa shape index (κ3) is 3.06. The summed E-state index contributed by atoms with van der Waals surface area (Å²) < 4.78 is 0. The molecule has 2 heteroatoms. The highest BCUT2D eigenvalue weighted by atomic mass is 79.9. The number of rotatable bonds is 4. The molecule has 0 radical (unpaired) electrons. The Labute approximate surface area is 123 Å². The van der Waals surface area contributed by atoms with Gasteiger partial charge in [0, 0.05) is 23.1 Å². The minimum Gasteiger partial charge on any atom is -0.261 e. The van der Waals surface area contributed by atoms with Gasteiger partial charge in [-0.1, -0.05) is 52.3 Å². The van der Waals surface area contributed by atoms with Crippen LogP contribution in [-0.4, -0.2) is 9.81 Å². The molecule has 19 heavy (non-hydrogen) atoms. The number of hydrogen-bond acceptors (Lipinski definition) is 1. The van der Waals surface area contributed by atoms with Crippen LogP contribution in [0, 0.1) is 12.8 Å². The van der Waals surface area contributed by atoms with Gasteiger partial charge in [-0.25, -0.2) is 0 Å². The molecule has 0 bridgehead atoms. The molecular weight excluding hydrogens is 298 g/mol. The summed E-state index contributed by atoms with van der Waals surface area (Å²) in [6.45, 7) is 2.08. The number of aryl methyl sites for hydroxylation is 1. The monoisotopic (exact) mass is 315 g/mol. The summed E-state index contributed by atoms with van der Waals surface area (Å²) in [5.74, 6) is 1.49. The van der Waals surface area contributed by atoms with Gasteiger partial charge in [-0.15, -0.1) is 0 Å². The first-order valence-electron chi connectivity index (χ1n) is 6.84. The van der Waals surface area contributed by atoms with Crippen LogP contribution < -0.4 is 0 Å². The second kappa shape index (κ2) is 5.46. The number of halogens is 1. The van der Waals surface area contributed by atoms with E-state index in [1.165, 1.54) is 23.2 Å². The van der Waals surface area contributed by atoms with Crippen LogP contribution in [0.2, 0.25) is 0 Å². The van der Waals surface area contributed by atoms with Crippen LogP contribution in [-0.2, 0) is 6.42 Å². The lowest BCUT2D eigenvalue weighted by Crippen LogP contribution is -2.08. The average Bonchev–Trinajstić information content (AvgIpc) is 3.23. The fraction of sp³-hybridized carbons (Fsp3) is 0.353. The summed E-state index contributed by atoms with van der Waals surface area (Å²) in [5.41, 5.74) is 3.89. The summed E-state index contributed by atoms with van der Waals surface area (Å²) in [6, 6.07) is 15.1.